The maximum absolute atomic E-state index is 5.73. The quantitative estimate of drug-likeness (QED) is 0.678. The van der Waals surface area contributed by atoms with E-state index in [9.17, 15) is 0 Å². The molecule has 0 aliphatic carbocycles. The third-order valence-corrected chi connectivity index (χ3v) is 2.97. The van der Waals surface area contributed by atoms with Crippen LogP contribution >= 0.6 is 11.6 Å². The Morgan fingerprint density at radius 3 is 2.68 bits per heavy atom. The predicted molar refractivity (Wildman–Crippen MR) is 75.3 cm³/mol. The fraction of sp³-hybridized carbons (Fsp3) is 0.0667. The first-order valence-electron chi connectivity index (χ1n) is 5.90. The molecule has 0 fully saturated rings. The summed E-state index contributed by atoms with van der Waals surface area (Å²) in [4.78, 5) is 7.91. The maximum atomic E-state index is 5.73. The third-order valence-electron chi connectivity index (χ3n) is 2.79. The third kappa shape index (κ3) is 2.83. The number of halogens is 1. The van der Waals surface area contributed by atoms with Crippen molar-refractivity contribution in [1.29, 1.82) is 0 Å². The van der Waals surface area contributed by atoms with E-state index in [1.165, 1.54) is 5.39 Å². The van der Waals surface area contributed by atoms with Crippen molar-refractivity contribution in [3.63, 3.8) is 0 Å². The smallest absolute Gasteiger partial charge is 0.222 e. The van der Waals surface area contributed by atoms with Crippen molar-refractivity contribution >= 4 is 22.4 Å². The van der Waals surface area contributed by atoms with E-state index in [0.29, 0.717) is 6.61 Å². The molecule has 19 heavy (non-hydrogen) atoms. The molecule has 0 radical (unpaired) electrons. The average molecular weight is 271 g/mol. The Morgan fingerprint density at radius 2 is 1.84 bits per heavy atom. The molecule has 0 aliphatic heterocycles. The Labute approximate surface area is 115 Å². The minimum absolute atomic E-state index is 0.236. The van der Waals surface area contributed by atoms with Gasteiger partial charge < -0.3 is 4.74 Å². The lowest BCUT2D eigenvalue weighted by atomic mass is 10.1. The molecule has 3 rings (SSSR count). The fourth-order valence-corrected chi connectivity index (χ4v) is 2.03. The van der Waals surface area contributed by atoms with E-state index < -0.39 is 0 Å². The Balaban J connectivity index is 1.78. The zero-order valence-electron chi connectivity index (χ0n) is 10.1. The molecule has 1 heterocycles. The van der Waals surface area contributed by atoms with Crippen molar-refractivity contribution in [2.24, 2.45) is 0 Å². The van der Waals surface area contributed by atoms with Crippen LogP contribution in [0.2, 0.25) is 5.28 Å². The van der Waals surface area contributed by atoms with Gasteiger partial charge in [-0.1, -0.05) is 30.3 Å². The second-order valence-electron chi connectivity index (χ2n) is 4.11. The van der Waals surface area contributed by atoms with Gasteiger partial charge in [0.1, 0.15) is 12.4 Å². The summed E-state index contributed by atoms with van der Waals surface area (Å²) in [6, 6.07) is 15.9. The van der Waals surface area contributed by atoms with Crippen LogP contribution in [0.25, 0.3) is 10.8 Å². The number of rotatable bonds is 3. The Kier molecular flexibility index (Phi) is 3.29. The van der Waals surface area contributed by atoms with Crippen molar-refractivity contribution in [1.82, 2.24) is 9.97 Å². The van der Waals surface area contributed by atoms with Gasteiger partial charge in [0.05, 0.1) is 5.69 Å². The number of benzene rings is 2. The van der Waals surface area contributed by atoms with Crippen LogP contribution in [-0.2, 0) is 6.61 Å². The van der Waals surface area contributed by atoms with Crippen LogP contribution in [-0.4, -0.2) is 9.97 Å². The normalized spacial score (nSPS) is 10.6. The summed E-state index contributed by atoms with van der Waals surface area (Å²) in [6.45, 7) is 0.376. The number of hydrogen-bond donors (Lipinski definition) is 0. The molecule has 0 atom stereocenters. The van der Waals surface area contributed by atoms with Gasteiger partial charge in [-0.25, -0.2) is 9.97 Å². The van der Waals surface area contributed by atoms with Crippen LogP contribution in [0.1, 0.15) is 5.69 Å². The summed E-state index contributed by atoms with van der Waals surface area (Å²) in [5.41, 5.74) is 0.758. The van der Waals surface area contributed by atoms with E-state index in [2.05, 4.69) is 22.1 Å². The molecule has 0 bridgehead atoms. The number of aromatic nitrogens is 2. The maximum Gasteiger partial charge on any atom is 0.222 e. The van der Waals surface area contributed by atoms with Crippen molar-refractivity contribution in [2.75, 3.05) is 0 Å². The molecule has 0 saturated heterocycles. The fourth-order valence-electron chi connectivity index (χ4n) is 1.86. The molecule has 0 N–H and O–H groups in total. The lowest BCUT2D eigenvalue weighted by Gasteiger charge is -2.07. The van der Waals surface area contributed by atoms with Crippen molar-refractivity contribution < 1.29 is 4.74 Å². The van der Waals surface area contributed by atoms with Gasteiger partial charge in [0.15, 0.2) is 0 Å². The van der Waals surface area contributed by atoms with Crippen molar-refractivity contribution in [3.8, 4) is 5.75 Å². The van der Waals surface area contributed by atoms with Gasteiger partial charge in [-0.05, 0) is 40.6 Å². The van der Waals surface area contributed by atoms with E-state index >= 15 is 0 Å². The number of ether oxygens (including phenoxy) is 1. The van der Waals surface area contributed by atoms with E-state index in [0.717, 1.165) is 16.8 Å². The zero-order valence-corrected chi connectivity index (χ0v) is 10.8. The SMILES string of the molecule is Clc1nccc(COc2ccc3ccccc3c2)n1. The summed E-state index contributed by atoms with van der Waals surface area (Å²) in [6.07, 6.45) is 1.62. The van der Waals surface area contributed by atoms with E-state index in [4.69, 9.17) is 16.3 Å². The van der Waals surface area contributed by atoms with Crippen molar-refractivity contribution in [2.45, 2.75) is 6.61 Å². The standard InChI is InChI=1S/C15H11ClN2O/c16-15-17-8-7-13(18-15)10-19-14-6-5-11-3-1-2-4-12(11)9-14/h1-9H,10H2. The molecule has 3 aromatic rings. The molecule has 0 spiro atoms. The second-order valence-corrected chi connectivity index (χ2v) is 4.45. The Hall–Kier alpha value is -2.13. The van der Waals surface area contributed by atoms with Gasteiger partial charge in [0, 0.05) is 6.20 Å². The summed E-state index contributed by atoms with van der Waals surface area (Å²) < 4.78 is 5.71. The summed E-state index contributed by atoms with van der Waals surface area (Å²) >= 11 is 5.73. The molecule has 94 valence electrons. The van der Waals surface area contributed by atoms with Crippen LogP contribution in [0.4, 0.5) is 0 Å². The Morgan fingerprint density at radius 1 is 1.00 bits per heavy atom. The van der Waals surface area contributed by atoms with Gasteiger partial charge in [-0.2, -0.15) is 0 Å². The molecule has 2 aromatic carbocycles. The van der Waals surface area contributed by atoms with Crippen LogP contribution < -0.4 is 4.74 Å². The van der Waals surface area contributed by atoms with Gasteiger partial charge in [0.2, 0.25) is 5.28 Å². The van der Waals surface area contributed by atoms with E-state index in [1.54, 1.807) is 12.3 Å². The summed E-state index contributed by atoms with van der Waals surface area (Å²) in [5.74, 6) is 0.813. The van der Waals surface area contributed by atoms with Gasteiger partial charge in [-0.15, -0.1) is 0 Å². The van der Waals surface area contributed by atoms with Crippen molar-refractivity contribution in [3.05, 3.63) is 65.7 Å². The van der Waals surface area contributed by atoms with Gasteiger partial charge >= 0.3 is 0 Å². The first-order valence-corrected chi connectivity index (χ1v) is 6.28. The lowest BCUT2D eigenvalue weighted by molar-refractivity contribution is 0.301. The Bertz CT molecular complexity index is 715. The minimum Gasteiger partial charge on any atom is -0.487 e. The summed E-state index contributed by atoms with van der Waals surface area (Å²) in [5, 5.41) is 2.58. The molecule has 4 heteroatoms. The highest BCUT2D eigenvalue weighted by Crippen LogP contribution is 2.21. The topological polar surface area (TPSA) is 35.0 Å². The molecule has 0 unspecified atom stereocenters. The largest absolute Gasteiger partial charge is 0.487 e. The lowest BCUT2D eigenvalue weighted by Crippen LogP contribution is -1.99. The minimum atomic E-state index is 0.236. The highest BCUT2D eigenvalue weighted by Gasteiger charge is 2.00. The van der Waals surface area contributed by atoms with E-state index in [1.807, 2.05) is 30.3 Å². The molecule has 0 aliphatic rings. The molecule has 0 saturated carbocycles. The highest BCUT2D eigenvalue weighted by molar-refractivity contribution is 6.28. The molecule has 0 amide bonds. The predicted octanol–water partition coefficient (Wildman–Crippen LogP) is 3.86. The van der Waals surface area contributed by atoms with Gasteiger partial charge in [-0.3, -0.25) is 0 Å². The van der Waals surface area contributed by atoms with Crippen LogP contribution in [0.3, 0.4) is 0 Å². The zero-order chi connectivity index (χ0) is 13.1. The first kappa shape index (κ1) is 11.9. The first-order chi connectivity index (χ1) is 9.31. The monoisotopic (exact) mass is 270 g/mol. The second kappa shape index (κ2) is 5.24. The van der Waals surface area contributed by atoms with Crippen LogP contribution in [0.5, 0.6) is 5.75 Å². The number of fused-ring (bicyclic) bond motifs is 1. The highest BCUT2D eigenvalue weighted by atomic mass is 35.5. The number of hydrogen-bond acceptors (Lipinski definition) is 3. The number of nitrogens with zero attached hydrogens (tertiary/aromatic N) is 2. The van der Waals surface area contributed by atoms with Gasteiger partial charge in [0.25, 0.3) is 0 Å². The molecular formula is C15H11ClN2O. The summed E-state index contributed by atoms with van der Waals surface area (Å²) in [7, 11) is 0. The molecule has 3 nitrogen and oxygen atoms in total. The molecular weight excluding hydrogens is 260 g/mol. The van der Waals surface area contributed by atoms with Crippen LogP contribution in [0.15, 0.2) is 54.7 Å². The van der Waals surface area contributed by atoms with E-state index in [-0.39, 0.29) is 5.28 Å². The molecule has 1 aromatic heterocycles. The van der Waals surface area contributed by atoms with Crippen LogP contribution in [0, 0.1) is 0 Å². The average Bonchev–Trinajstić information content (AvgIpc) is 2.45.